The van der Waals surface area contributed by atoms with Crippen molar-refractivity contribution in [3.05, 3.63) is 84.9 Å². The largest absolute Gasteiger partial charge is 0.354 e. The van der Waals surface area contributed by atoms with E-state index in [2.05, 4.69) is 90.2 Å². The zero-order chi connectivity index (χ0) is 15.9. The zero-order valence-electron chi connectivity index (χ0n) is 13.0. The maximum absolute atomic E-state index is 3.64. The molecule has 1 heterocycles. The van der Waals surface area contributed by atoms with Crippen molar-refractivity contribution >= 4 is 33.9 Å². The van der Waals surface area contributed by atoms with E-state index in [9.17, 15) is 0 Å². The van der Waals surface area contributed by atoms with Crippen molar-refractivity contribution in [3.8, 4) is 11.1 Å². The number of rotatable bonds is 0. The molecule has 1 aliphatic rings. The lowest BCUT2D eigenvalue weighted by atomic mass is 9.97. The van der Waals surface area contributed by atoms with Crippen LogP contribution in [0.15, 0.2) is 94.7 Å². The number of para-hydroxylation sites is 2. The second kappa shape index (κ2) is 5.43. The van der Waals surface area contributed by atoms with Crippen LogP contribution in [0.4, 0.5) is 11.4 Å². The smallest absolute Gasteiger partial charge is 0.0526 e. The minimum atomic E-state index is 1.15. The number of hydrogen-bond acceptors (Lipinski definition) is 2. The number of anilines is 2. The average Bonchev–Trinajstić information content (AvgIpc) is 2.69. The lowest BCUT2D eigenvalue weighted by Crippen LogP contribution is -1.94. The van der Waals surface area contributed by atoms with E-state index in [1.54, 1.807) is 0 Å². The van der Waals surface area contributed by atoms with Crippen LogP contribution < -0.4 is 5.32 Å². The summed E-state index contributed by atoms with van der Waals surface area (Å²) < 4.78 is 0. The van der Waals surface area contributed by atoms with Gasteiger partial charge in [0, 0.05) is 26.4 Å². The molecule has 4 aromatic rings. The summed E-state index contributed by atoms with van der Waals surface area (Å²) in [7, 11) is 0. The predicted octanol–water partition coefficient (Wildman–Crippen LogP) is 6.72. The third-order valence-electron chi connectivity index (χ3n) is 4.46. The van der Waals surface area contributed by atoms with Crippen molar-refractivity contribution in [2.24, 2.45) is 0 Å². The first-order chi connectivity index (χ1) is 11.9. The number of nitrogens with one attached hydrogen (secondary N) is 1. The molecule has 0 spiro atoms. The van der Waals surface area contributed by atoms with Gasteiger partial charge >= 0.3 is 0 Å². The van der Waals surface area contributed by atoms with Crippen LogP contribution in [0.1, 0.15) is 0 Å². The second-order valence-electron chi connectivity index (χ2n) is 5.93. The summed E-state index contributed by atoms with van der Waals surface area (Å²) in [5.41, 5.74) is 4.83. The second-order valence-corrected chi connectivity index (χ2v) is 7.01. The third-order valence-corrected chi connectivity index (χ3v) is 5.60. The Labute approximate surface area is 145 Å². The molecule has 0 amide bonds. The van der Waals surface area contributed by atoms with Crippen LogP contribution in [0.5, 0.6) is 0 Å². The van der Waals surface area contributed by atoms with Crippen LogP contribution in [-0.4, -0.2) is 0 Å². The molecule has 0 aliphatic carbocycles. The fourth-order valence-corrected chi connectivity index (χ4v) is 4.45. The SMILES string of the molecule is c1ccc2c(c1)Nc1ccccc1-c1cccc3cccc(c13)S2. The lowest BCUT2D eigenvalue weighted by molar-refractivity contribution is 1.41. The molecule has 0 atom stereocenters. The number of hydrogen-bond donors (Lipinski definition) is 1. The van der Waals surface area contributed by atoms with Crippen LogP contribution >= 0.6 is 11.8 Å². The summed E-state index contributed by atoms with van der Waals surface area (Å²) in [6, 6.07) is 30.2. The highest BCUT2D eigenvalue weighted by Crippen LogP contribution is 2.45. The van der Waals surface area contributed by atoms with Crippen LogP contribution in [0, 0.1) is 0 Å². The molecule has 0 unspecified atom stereocenters. The van der Waals surface area contributed by atoms with Crippen LogP contribution in [0.2, 0.25) is 0 Å². The molecule has 4 aromatic carbocycles. The molecule has 1 N–H and O–H groups in total. The predicted molar refractivity (Wildman–Crippen MR) is 103 cm³/mol. The van der Waals surface area contributed by atoms with Crippen molar-refractivity contribution in [1.82, 2.24) is 0 Å². The Kier molecular flexibility index (Phi) is 3.10. The molecule has 1 nitrogen and oxygen atoms in total. The quantitative estimate of drug-likeness (QED) is 0.339. The van der Waals surface area contributed by atoms with E-state index >= 15 is 0 Å². The van der Waals surface area contributed by atoms with E-state index in [1.165, 1.54) is 31.7 Å². The summed E-state index contributed by atoms with van der Waals surface area (Å²) in [6.07, 6.45) is 0. The minimum absolute atomic E-state index is 1.15. The first-order valence-electron chi connectivity index (χ1n) is 8.05. The molecular weight excluding hydrogens is 310 g/mol. The van der Waals surface area contributed by atoms with Crippen LogP contribution in [0.25, 0.3) is 21.9 Å². The van der Waals surface area contributed by atoms with E-state index in [-0.39, 0.29) is 0 Å². The summed E-state index contributed by atoms with van der Waals surface area (Å²) in [5.74, 6) is 0. The van der Waals surface area contributed by atoms with Gasteiger partial charge in [0.05, 0.1) is 5.69 Å². The van der Waals surface area contributed by atoms with Crippen LogP contribution in [-0.2, 0) is 0 Å². The molecule has 5 rings (SSSR count). The van der Waals surface area contributed by atoms with Gasteiger partial charge in [-0.3, -0.25) is 0 Å². The maximum Gasteiger partial charge on any atom is 0.0526 e. The topological polar surface area (TPSA) is 12.0 Å². The van der Waals surface area contributed by atoms with Crippen molar-refractivity contribution < 1.29 is 0 Å². The van der Waals surface area contributed by atoms with Gasteiger partial charge in [0.2, 0.25) is 0 Å². The number of benzene rings is 4. The highest BCUT2D eigenvalue weighted by molar-refractivity contribution is 7.99. The molecule has 0 saturated heterocycles. The van der Waals surface area contributed by atoms with E-state index in [4.69, 9.17) is 0 Å². The van der Waals surface area contributed by atoms with Crippen LogP contribution in [0.3, 0.4) is 0 Å². The highest BCUT2D eigenvalue weighted by Gasteiger charge is 2.16. The zero-order valence-corrected chi connectivity index (χ0v) is 13.8. The van der Waals surface area contributed by atoms with Crippen molar-refractivity contribution in [1.29, 1.82) is 0 Å². The number of fused-ring (bicyclic) bond motifs is 3. The molecule has 1 aliphatic heterocycles. The molecular formula is C22H15NS. The Balaban J connectivity index is 1.93. The molecule has 24 heavy (non-hydrogen) atoms. The first kappa shape index (κ1) is 13.7. The summed E-state index contributed by atoms with van der Waals surface area (Å²) in [5, 5.41) is 6.25. The van der Waals surface area contributed by atoms with E-state index in [1.807, 2.05) is 11.8 Å². The molecule has 0 saturated carbocycles. The van der Waals surface area contributed by atoms with Gasteiger partial charge in [-0.15, -0.1) is 0 Å². The molecule has 0 radical (unpaired) electrons. The van der Waals surface area contributed by atoms with Gasteiger partial charge in [0.25, 0.3) is 0 Å². The minimum Gasteiger partial charge on any atom is -0.354 e. The third kappa shape index (κ3) is 2.11. The monoisotopic (exact) mass is 325 g/mol. The lowest BCUT2D eigenvalue weighted by Gasteiger charge is -2.13. The highest BCUT2D eigenvalue weighted by atomic mass is 32.2. The maximum atomic E-state index is 3.64. The summed E-state index contributed by atoms with van der Waals surface area (Å²) in [4.78, 5) is 2.55. The van der Waals surface area contributed by atoms with Crippen molar-refractivity contribution in [2.75, 3.05) is 5.32 Å². The van der Waals surface area contributed by atoms with Gasteiger partial charge in [-0.25, -0.2) is 0 Å². The van der Waals surface area contributed by atoms with Gasteiger partial charge < -0.3 is 5.32 Å². The van der Waals surface area contributed by atoms with E-state index in [0.717, 1.165) is 11.4 Å². The van der Waals surface area contributed by atoms with E-state index in [0.29, 0.717) is 0 Å². The normalized spacial score (nSPS) is 12.3. The molecule has 114 valence electrons. The van der Waals surface area contributed by atoms with Gasteiger partial charge in [-0.1, -0.05) is 72.4 Å². The van der Waals surface area contributed by atoms with Gasteiger partial charge in [-0.2, -0.15) is 0 Å². The summed E-state index contributed by atoms with van der Waals surface area (Å²) >= 11 is 1.83. The standard InChI is InChI=1S/C22H15NS/c1-2-11-18-16(9-1)17-10-5-7-15-8-6-14-21(22(15)17)24-20-13-4-3-12-19(20)23-18/h1-14,23H. The Hall–Kier alpha value is -2.71. The average molecular weight is 325 g/mol. The van der Waals surface area contributed by atoms with Crippen molar-refractivity contribution in [2.45, 2.75) is 9.79 Å². The summed E-state index contributed by atoms with van der Waals surface area (Å²) in [6.45, 7) is 0. The van der Waals surface area contributed by atoms with Gasteiger partial charge in [-0.05, 0) is 35.2 Å². The molecule has 2 heteroatoms. The fourth-order valence-electron chi connectivity index (χ4n) is 3.37. The first-order valence-corrected chi connectivity index (χ1v) is 8.87. The van der Waals surface area contributed by atoms with Gasteiger partial charge in [0.15, 0.2) is 0 Å². The fraction of sp³-hybridized carbons (Fsp3) is 0. The Morgan fingerprint density at radius 3 is 2.12 bits per heavy atom. The molecule has 0 aromatic heterocycles. The molecule has 0 fully saturated rings. The van der Waals surface area contributed by atoms with E-state index < -0.39 is 0 Å². The Morgan fingerprint density at radius 2 is 1.21 bits per heavy atom. The van der Waals surface area contributed by atoms with Gasteiger partial charge in [0.1, 0.15) is 0 Å². The Morgan fingerprint density at radius 1 is 0.542 bits per heavy atom. The van der Waals surface area contributed by atoms with Crippen molar-refractivity contribution in [3.63, 3.8) is 0 Å². The molecule has 0 bridgehead atoms. The Bertz CT molecular complexity index is 1060.